The molecule has 0 aliphatic carbocycles. The predicted molar refractivity (Wildman–Crippen MR) is 62.3 cm³/mol. The molecular weight excluding hydrogens is 212 g/mol. The van der Waals surface area contributed by atoms with Crippen molar-refractivity contribution in [1.29, 1.82) is 0 Å². The first-order valence-corrected chi connectivity index (χ1v) is 7.03. The number of nitrogens with one attached hydrogen (secondary N) is 1. The van der Waals surface area contributed by atoms with Gasteiger partial charge in [-0.3, -0.25) is 0 Å². The second-order valence-corrected chi connectivity index (χ2v) is 7.32. The lowest BCUT2D eigenvalue weighted by Crippen LogP contribution is -2.47. The summed E-state index contributed by atoms with van der Waals surface area (Å²) < 4.78 is 24.9. The summed E-state index contributed by atoms with van der Waals surface area (Å²) in [5.74, 6) is 0.313. The van der Waals surface area contributed by atoms with Gasteiger partial charge in [-0.2, -0.15) is 0 Å². The Morgan fingerprint density at radius 1 is 1.40 bits per heavy atom. The van der Waals surface area contributed by atoms with Gasteiger partial charge in [-0.25, -0.2) is 12.7 Å². The van der Waals surface area contributed by atoms with Crippen molar-refractivity contribution in [2.75, 3.05) is 25.9 Å². The smallest absolute Gasteiger partial charge is 0.214 e. The maximum Gasteiger partial charge on any atom is 0.214 e. The molecule has 5 heteroatoms. The molecule has 15 heavy (non-hydrogen) atoms. The zero-order valence-corrected chi connectivity index (χ0v) is 10.9. The lowest BCUT2D eigenvalue weighted by atomic mass is 9.87. The molecule has 1 rings (SSSR count). The van der Waals surface area contributed by atoms with Crippen molar-refractivity contribution in [3.05, 3.63) is 0 Å². The first-order valence-electron chi connectivity index (χ1n) is 5.42. The first-order chi connectivity index (χ1) is 6.77. The molecule has 1 aliphatic rings. The van der Waals surface area contributed by atoms with Crippen LogP contribution < -0.4 is 5.32 Å². The van der Waals surface area contributed by atoms with Crippen LogP contribution in [-0.4, -0.2) is 44.7 Å². The standard InChI is InChI=1S/C10H22N2O2S/c1-10(2,3)9(11-4)8-12-6-5-7-15(12,13)14/h9,11H,5-8H2,1-4H3/t9-/m1/s1. The van der Waals surface area contributed by atoms with E-state index in [1.165, 1.54) is 0 Å². The molecule has 1 atom stereocenters. The van der Waals surface area contributed by atoms with Crippen molar-refractivity contribution < 1.29 is 8.42 Å². The van der Waals surface area contributed by atoms with Crippen molar-refractivity contribution in [3.63, 3.8) is 0 Å². The van der Waals surface area contributed by atoms with Gasteiger partial charge < -0.3 is 5.32 Å². The van der Waals surface area contributed by atoms with Crippen LogP contribution in [0.3, 0.4) is 0 Å². The van der Waals surface area contributed by atoms with Gasteiger partial charge in [0.15, 0.2) is 0 Å². The summed E-state index contributed by atoms with van der Waals surface area (Å²) in [5, 5.41) is 3.20. The van der Waals surface area contributed by atoms with Crippen LogP contribution in [0.25, 0.3) is 0 Å². The lowest BCUT2D eigenvalue weighted by Gasteiger charge is -2.33. The van der Waals surface area contributed by atoms with E-state index < -0.39 is 10.0 Å². The Labute approximate surface area is 93.1 Å². The van der Waals surface area contributed by atoms with Crippen LogP contribution in [0.2, 0.25) is 0 Å². The van der Waals surface area contributed by atoms with Crippen LogP contribution in [0.1, 0.15) is 27.2 Å². The third-order valence-corrected chi connectivity index (χ3v) is 4.91. The van der Waals surface area contributed by atoms with Gasteiger partial charge in [0, 0.05) is 19.1 Å². The molecule has 1 N–H and O–H groups in total. The molecule has 0 aromatic carbocycles. The second kappa shape index (κ2) is 4.39. The Bertz CT molecular complexity index is 306. The van der Waals surface area contributed by atoms with Gasteiger partial charge >= 0.3 is 0 Å². The number of likely N-dealkylation sites (N-methyl/N-ethyl adjacent to an activating group) is 1. The van der Waals surface area contributed by atoms with Crippen molar-refractivity contribution >= 4 is 10.0 Å². The van der Waals surface area contributed by atoms with E-state index in [1.807, 2.05) is 7.05 Å². The molecule has 0 unspecified atom stereocenters. The third kappa shape index (κ3) is 3.16. The monoisotopic (exact) mass is 234 g/mol. The van der Waals surface area contributed by atoms with Crippen LogP contribution in [0.4, 0.5) is 0 Å². The minimum Gasteiger partial charge on any atom is -0.315 e. The van der Waals surface area contributed by atoms with E-state index >= 15 is 0 Å². The van der Waals surface area contributed by atoms with Gasteiger partial charge in [-0.15, -0.1) is 0 Å². The molecule has 0 amide bonds. The molecule has 1 fully saturated rings. The lowest BCUT2D eigenvalue weighted by molar-refractivity contribution is 0.239. The van der Waals surface area contributed by atoms with Gasteiger partial charge in [0.1, 0.15) is 0 Å². The fraction of sp³-hybridized carbons (Fsp3) is 1.00. The van der Waals surface area contributed by atoms with Crippen LogP contribution in [0.5, 0.6) is 0 Å². The summed E-state index contributed by atoms with van der Waals surface area (Å²) in [6, 6.07) is 0.199. The maximum atomic E-state index is 11.6. The zero-order valence-electron chi connectivity index (χ0n) is 10.1. The number of rotatable bonds is 3. The molecule has 0 aromatic heterocycles. The molecule has 1 heterocycles. The van der Waals surface area contributed by atoms with Crippen LogP contribution in [0.15, 0.2) is 0 Å². The first kappa shape index (κ1) is 12.9. The molecule has 1 aliphatic heterocycles. The van der Waals surface area contributed by atoms with E-state index in [9.17, 15) is 8.42 Å². The minimum absolute atomic E-state index is 0.0762. The number of hydrogen-bond donors (Lipinski definition) is 1. The fourth-order valence-electron chi connectivity index (χ4n) is 1.90. The Hall–Kier alpha value is -0.130. The fourth-order valence-corrected chi connectivity index (χ4v) is 3.43. The summed E-state index contributed by atoms with van der Waals surface area (Å²) in [7, 11) is -1.07. The van der Waals surface area contributed by atoms with Crippen LogP contribution in [-0.2, 0) is 10.0 Å². The number of hydrogen-bond acceptors (Lipinski definition) is 3. The molecule has 0 aromatic rings. The van der Waals surface area contributed by atoms with Gasteiger partial charge in [0.05, 0.1) is 5.75 Å². The molecule has 4 nitrogen and oxygen atoms in total. The van der Waals surface area contributed by atoms with Crippen molar-refractivity contribution in [3.8, 4) is 0 Å². The van der Waals surface area contributed by atoms with E-state index in [0.29, 0.717) is 18.8 Å². The average molecular weight is 234 g/mol. The highest BCUT2D eigenvalue weighted by Gasteiger charge is 2.33. The third-order valence-electron chi connectivity index (χ3n) is 2.98. The van der Waals surface area contributed by atoms with Gasteiger partial charge in [0.25, 0.3) is 0 Å². The van der Waals surface area contributed by atoms with E-state index in [2.05, 4.69) is 26.1 Å². The molecule has 0 radical (unpaired) electrons. The molecule has 0 bridgehead atoms. The number of nitrogens with zero attached hydrogens (tertiary/aromatic N) is 1. The summed E-state index contributed by atoms with van der Waals surface area (Å²) in [6.45, 7) is 7.63. The minimum atomic E-state index is -2.96. The van der Waals surface area contributed by atoms with Crippen molar-refractivity contribution in [2.24, 2.45) is 5.41 Å². The van der Waals surface area contributed by atoms with E-state index in [0.717, 1.165) is 6.42 Å². The predicted octanol–water partition coefficient (Wildman–Crippen LogP) is 0.656. The molecule has 0 saturated carbocycles. The molecular formula is C10H22N2O2S. The van der Waals surface area contributed by atoms with Gasteiger partial charge in [0.2, 0.25) is 10.0 Å². The summed E-state index contributed by atoms with van der Waals surface area (Å²) in [6.07, 6.45) is 0.767. The van der Waals surface area contributed by atoms with E-state index in [-0.39, 0.29) is 11.5 Å². The second-order valence-electron chi connectivity index (χ2n) is 5.23. The Morgan fingerprint density at radius 2 is 2.00 bits per heavy atom. The van der Waals surface area contributed by atoms with Crippen molar-refractivity contribution in [2.45, 2.75) is 33.2 Å². The normalized spacial score (nSPS) is 24.3. The van der Waals surface area contributed by atoms with E-state index in [4.69, 9.17) is 0 Å². The highest BCUT2D eigenvalue weighted by atomic mass is 32.2. The molecule has 90 valence electrons. The zero-order chi connectivity index (χ0) is 11.7. The Kier molecular flexibility index (Phi) is 3.79. The van der Waals surface area contributed by atoms with Crippen molar-refractivity contribution in [1.82, 2.24) is 9.62 Å². The highest BCUT2D eigenvalue weighted by molar-refractivity contribution is 7.89. The van der Waals surface area contributed by atoms with Gasteiger partial charge in [-0.1, -0.05) is 20.8 Å². The summed E-state index contributed by atoms with van der Waals surface area (Å²) in [5.41, 5.74) is 0.0762. The van der Waals surface area contributed by atoms with Crippen LogP contribution in [0, 0.1) is 5.41 Å². The Balaban J connectivity index is 2.68. The molecule has 0 spiro atoms. The maximum absolute atomic E-state index is 11.6. The van der Waals surface area contributed by atoms with E-state index in [1.54, 1.807) is 4.31 Å². The number of sulfonamides is 1. The largest absolute Gasteiger partial charge is 0.315 e. The van der Waals surface area contributed by atoms with Gasteiger partial charge in [-0.05, 0) is 18.9 Å². The average Bonchev–Trinajstić information content (AvgIpc) is 2.39. The molecule has 1 saturated heterocycles. The summed E-state index contributed by atoms with van der Waals surface area (Å²) >= 11 is 0. The topological polar surface area (TPSA) is 49.4 Å². The summed E-state index contributed by atoms with van der Waals surface area (Å²) in [4.78, 5) is 0. The highest BCUT2D eigenvalue weighted by Crippen LogP contribution is 2.22. The SMILES string of the molecule is CN[C@H](CN1CCCS1(=O)=O)C(C)(C)C. The quantitative estimate of drug-likeness (QED) is 0.780. The Morgan fingerprint density at radius 3 is 2.33 bits per heavy atom. The van der Waals surface area contributed by atoms with Crippen LogP contribution >= 0.6 is 0 Å².